The fourth-order valence-electron chi connectivity index (χ4n) is 3.60. The largest absolute Gasteiger partial charge is 0.411 e. The molecule has 0 unspecified atom stereocenters. The van der Waals surface area contributed by atoms with E-state index < -0.39 is 18.4 Å². The number of aromatic nitrogens is 4. The number of fused-ring (bicyclic) bond motifs is 1. The average Bonchev–Trinajstić information content (AvgIpc) is 3.43. The molecule has 0 aliphatic heterocycles. The molecule has 3 aromatic heterocycles. The van der Waals surface area contributed by atoms with Gasteiger partial charge in [0.2, 0.25) is 11.7 Å². The van der Waals surface area contributed by atoms with Crippen LogP contribution in [0, 0.1) is 6.92 Å². The molecule has 192 valence electrons. The summed E-state index contributed by atoms with van der Waals surface area (Å²) < 4.78 is 49.0. The molecule has 0 aliphatic carbocycles. The molecule has 0 bridgehead atoms. The number of aliphatic hydroxyl groups is 1. The minimum absolute atomic E-state index is 0.149. The first-order chi connectivity index (χ1) is 17.0. The summed E-state index contributed by atoms with van der Waals surface area (Å²) in [7, 11) is 0. The van der Waals surface area contributed by atoms with Crippen molar-refractivity contribution < 1.29 is 27.5 Å². The Bertz CT molecular complexity index is 1320. The number of hydrogen-bond donors (Lipinski definition) is 2. The van der Waals surface area contributed by atoms with E-state index in [-0.39, 0.29) is 6.61 Å². The van der Waals surface area contributed by atoms with Gasteiger partial charge in [0.1, 0.15) is 12.3 Å². The summed E-state index contributed by atoms with van der Waals surface area (Å²) in [6.07, 6.45) is 0.0687. The Labute approximate surface area is 206 Å². The summed E-state index contributed by atoms with van der Waals surface area (Å²) in [6.45, 7) is 4.43. The highest BCUT2D eigenvalue weighted by Gasteiger charge is 2.27. The van der Waals surface area contributed by atoms with Crippen LogP contribution in [-0.4, -0.2) is 43.0 Å². The SMILES string of the molecule is Cc1ccc(-c2noc(CCC(C)(C)O)n2)cc1NCc1cnc2ccc(COCC(F)(F)F)cn12. The van der Waals surface area contributed by atoms with Crippen LogP contribution in [-0.2, 0) is 24.3 Å². The van der Waals surface area contributed by atoms with Gasteiger partial charge in [-0.05, 0) is 50.5 Å². The van der Waals surface area contributed by atoms with E-state index >= 15 is 0 Å². The van der Waals surface area contributed by atoms with Gasteiger partial charge in [-0.1, -0.05) is 23.4 Å². The number of alkyl halides is 3. The lowest BCUT2D eigenvalue weighted by Crippen LogP contribution is -2.19. The van der Waals surface area contributed by atoms with E-state index in [2.05, 4.69) is 20.4 Å². The highest BCUT2D eigenvalue weighted by Crippen LogP contribution is 2.25. The molecule has 0 atom stereocenters. The molecule has 0 spiro atoms. The zero-order chi connectivity index (χ0) is 25.9. The van der Waals surface area contributed by atoms with E-state index in [1.807, 2.05) is 29.5 Å². The molecule has 11 heteroatoms. The lowest BCUT2D eigenvalue weighted by Gasteiger charge is -2.14. The van der Waals surface area contributed by atoms with Crippen molar-refractivity contribution in [3.05, 3.63) is 65.4 Å². The minimum Gasteiger partial charge on any atom is -0.390 e. The van der Waals surface area contributed by atoms with E-state index in [0.29, 0.717) is 42.3 Å². The van der Waals surface area contributed by atoms with Crippen molar-refractivity contribution in [3.8, 4) is 11.4 Å². The zero-order valence-electron chi connectivity index (χ0n) is 20.3. The van der Waals surface area contributed by atoms with Crippen molar-refractivity contribution >= 4 is 11.3 Å². The van der Waals surface area contributed by atoms with Crippen molar-refractivity contribution in [1.29, 1.82) is 0 Å². The zero-order valence-corrected chi connectivity index (χ0v) is 20.3. The van der Waals surface area contributed by atoms with Gasteiger partial charge < -0.3 is 24.1 Å². The number of aryl methyl sites for hydroxylation is 2. The molecule has 36 heavy (non-hydrogen) atoms. The van der Waals surface area contributed by atoms with Gasteiger partial charge in [-0.2, -0.15) is 18.2 Å². The molecule has 3 heterocycles. The second-order valence-corrected chi connectivity index (χ2v) is 9.33. The van der Waals surface area contributed by atoms with Crippen LogP contribution in [0.5, 0.6) is 0 Å². The van der Waals surface area contributed by atoms with Gasteiger partial charge in [-0.3, -0.25) is 0 Å². The third kappa shape index (κ3) is 6.82. The van der Waals surface area contributed by atoms with Crippen LogP contribution in [0.1, 0.15) is 43.0 Å². The quantitative estimate of drug-likeness (QED) is 0.311. The number of anilines is 1. The molecule has 0 saturated heterocycles. The van der Waals surface area contributed by atoms with Crippen LogP contribution >= 0.6 is 0 Å². The lowest BCUT2D eigenvalue weighted by molar-refractivity contribution is -0.176. The van der Waals surface area contributed by atoms with Crippen LogP contribution in [0.2, 0.25) is 0 Å². The Morgan fingerprint density at radius 3 is 2.72 bits per heavy atom. The Hall–Kier alpha value is -3.44. The Kier molecular flexibility index (Phi) is 7.32. The predicted molar refractivity (Wildman–Crippen MR) is 127 cm³/mol. The summed E-state index contributed by atoms with van der Waals surface area (Å²) in [5.41, 5.74) is 3.98. The maximum atomic E-state index is 12.4. The van der Waals surface area contributed by atoms with Crippen molar-refractivity contribution in [2.24, 2.45) is 0 Å². The van der Waals surface area contributed by atoms with Gasteiger partial charge in [0.15, 0.2) is 0 Å². The number of pyridine rings is 1. The van der Waals surface area contributed by atoms with Gasteiger partial charge in [-0.15, -0.1) is 0 Å². The number of nitrogens with one attached hydrogen (secondary N) is 1. The van der Waals surface area contributed by atoms with Crippen LogP contribution < -0.4 is 5.32 Å². The van der Waals surface area contributed by atoms with Gasteiger partial charge in [0.05, 0.1) is 30.6 Å². The number of rotatable bonds is 10. The molecule has 0 aliphatic rings. The summed E-state index contributed by atoms with van der Waals surface area (Å²) in [5, 5.41) is 17.4. The molecule has 4 rings (SSSR count). The summed E-state index contributed by atoms with van der Waals surface area (Å²) in [4.78, 5) is 8.81. The molecule has 2 N–H and O–H groups in total. The maximum Gasteiger partial charge on any atom is 0.411 e. The highest BCUT2D eigenvalue weighted by atomic mass is 19.4. The van der Waals surface area contributed by atoms with E-state index in [9.17, 15) is 18.3 Å². The van der Waals surface area contributed by atoms with Crippen LogP contribution in [0.15, 0.2) is 47.2 Å². The van der Waals surface area contributed by atoms with Crippen LogP contribution in [0.25, 0.3) is 17.0 Å². The van der Waals surface area contributed by atoms with Crippen molar-refractivity contribution in [2.45, 2.75) is 58.5 Å². The number of halogens is 3. The normalized spacial score (nSPS) is 12.4. The highest BCUT2D eigenvalue weighted by molar-refractivity contribution is 5.65. The first kappa shape index (κ1) is 25.6. The molecular formula is C25H28F3N5O3. The smallest absolute Gasteiger partial charge is 0.390 e. The number of ether oxygens (including phenoxy) is 1. The monoisotopic (exact) mass is 503 g/mol. The molecule has 8 nitrogen and oxygen atoms in total. The average molecular weight is 504 g/mol. The molecular weight excluding hydrogens is 475 g/mol. The number of hydrogen-bond acceptors (Lipinski definition) is 7. The van der Waals surface area contributed by atoms with Gasteiger partial charge in [0, 0.05) is 23.9 Å². The Morgan fingerprint density at radius 2 is 1.97 bits per heavy atom. The first-order valence-electron chi connectivity index (χ1n) is 11.5. The molecule has 0 amide bonds. The summed E-state index contributed by atoms with van der Waals surface area (Å²) in [6, 6.07) is 9.24. The second-order valence-electron chi connectivity index (χ2n) is 9.33. The van der Waals surface area contributed by atoms with Gasteiger partial charge in [-0.25, -0.2) is 4.98 Å². The standard InChI is InChI=1S/C25H28F3N5O3/c1-16-4-6-18(23-31-22(36-32-23)8-9-24(2,3)34)10-20(16)29-11-19-12-30-21-7-5-17(13-33(19)21)14-35-15-25(26,27)28/h4-7,10,12-13,29,34H,8-9,11,14-15H2,1-3H3. The van der Waals surface area contributed by atoms with Crippen molar-refractivity contribution in [2.75, 3.05) is 11.9 Å². The Morgan fingerprint density at radius 1 is 1.17 bits per heavy atom. The number of nitrogens with zero attached hydrogens (tertiary/aromatic N) is 4. The van der Waals surface area contributed by atoms with E-state index in [1.54, 1.807) is 38.4 Å². The number of benzene rings is 1. The predicted octanol–water partition coefficient (Wildman–Crippen LogP) is 5.09. The van der Waals surface area contributed by atoms with Crippen molar-refractivity contribution in [3.63, 3.8) is 0 Å². The topological polar surface area (TPSA) is 97.7 Å². The summed E-state index contributed by atoms with van der Waals surface area (Å²) >= 11 is 0. The molecule has 4 aromatic rings. The first-order valence-corrected chi connectivity index (χ1v) is 11.5. The minimum atomic E-state index is -4.36. The summed E-state index contributed by atoms with van der Waals surface area (Å²) in [5.74, 6) is 0.921. The van der Waals surface area contributed by atoms with Crippen LogP contribution in [0.4, 0.5) is 18.9 Å². The lowest BCUT2D eigenvalue weighted by atomic mass is 10.0. The fourth-order valence-corrected chi connectivity index (χ4v) is 3.60. The maximum absolute atomic E-state index is 12.4. The Balaban J connectivity index is 1.45. The van der Waals surface area contributed by atoms with Crippen LogP contribution in [0.3, 0.4) is 0 Å². The second kappa shape index (κ2) is 10.3. The van der Waals surface area contributed by atoms with E-state index in [1.165, 1.54) is 0 Å². The van der Waals surface area contributed by atoms with Gasteiger partial charge >= 0.3 is 6.18 Å². The van der Waals surface area contributed by atoms with Crippen molar-refractivity contribution in [1.82, 2.24) is 19.5 Å². The van der Waals surface area contributed by atoms with E-state index in [4.69, 9.17) is 9.26 Å². The molecule has 1 aromatic carbocycles. The molecule has 0 radical (unpaired) electrons. The molecule has 0 fully saturated rings. The fraction of sp³-hybridized carbons (Fsp3) is 0.400. The van der Waals surface area contributed by atoms with Gasteiger partial charge in [0.25, 0.3) is 0 Å². The molecule has 0 saturated carbocycles. The van der Waals surface area contributed by atoms with E-state index in [0.717, 1.165) is 22.5 Å². The third-order valence-corrected chi connectivity index (χ3v) is 5.55. The number of imidazole rings is 1. The third-order valence-electron chi connectivity index (χ3n) is 5.55.